The van der Waals surface area contributed by atoms with Crippen molar-refractivity contribution in [1.82, 2.24) is 4.90 Å². The van der Waals surface area contributed by atoms with Gasteiger partial charge in [0.15, 0.2) is 0 Å². The van der Waals surface area contributed by atoms with Crippen molar-refractivity contribution in [1.29, 1.82) is 0 Å². The van der Waals surface area contributed by atoms with E-state index in [4.69, 9.17) is 0 Å². The lowest BCUT2D eigenvalue weighted by Crippen LogP contribution is -2.51. The molecule has 1 amide bonds. The van der Waals surface area contributed by atoms with Crippen molar-refractivity contribution in [2.45, 2.75) is 26.9 Å². The average Bonchev–Trinajstić information content (AvgIpc) is 2.08. The Morgan fingerprint density at radius 3 is 2.67 bits per heavy atom. The zero-order valence-corrected chi connectivity index (χ0v) is 7.95. The van der Waals surface area contributed by atoms with E-state index < -0.39 is 6.10 Å². The Morgan fingerprint density at radius 1 is 1.58 bits per heavy atom. The van der Waals surface area contributed by atoms with Crippen LogP contribution in [-0.4, -0.2) is 35.1 Å². The molecule has 1 N–H and O–H groups in total. The van der Waals surface area contributed by atoms with Gasteiger partial charge in [-0.25, -0.2) is 0 Å². The first kappa shape index (κ1) is 9.52. The highest BCUT2D eigenvalue weighted by molar-refractivity contribution is 5.80. The number of amides is 1. The summed E-state index contributed by atoms with van der Waals surface area (Å²) < 4.78 is 0. The number of aliphatic hydroxyl groups excluding tert-OH is 1. The molecule has 70 valence electrons. The van der Waals surface area contributed by atoms with E-state index in [0.29, 0.717) is 6.54 Å². The van der Waals surface area contributed by atoms with Crippen LogP contribution in [0.3, 0.4) is 0 Å². The van der Waals surface area contributed by atoms with Gasteiger partial charge in [0.25, 0.3) is 0 Å². The van der Waals surface area contributed by atoms with Crippen LogP contribution in [0.1, 0.15) is 20.8 Å². The molecule has 3 heteroatoms. The molecule has 0 aromatic heterocycles. The molecule has 1 fully saturated rings. The number of aliphatic hydroxyl groups is 1. The van der Waals surface area contributed by atoms with Gasteiger partial charge in [0, 0.05) is 19.0 Å². The normalized spacial score (nSPS) is 37.2. The van der Waals surface area contributed by atoms with E-state index in [-0.39, 0.29) is 17.7 Å². The van der Waals surface area contributed by atoms with Crippen molar-refractivity contribution in [3.05, 3.63) is 0 Å². The van der Waals surface area contributed by atoms with Gasteiger partial charge in [0.1, 0.15) is 0 Å². The summed E-state index contributed by atoms with van der Waals surface area (Å²) in [7, 11) is 0. The van der Waals surface area contributed by atoms with Gasteiger partial charge in [0.05, 0.1) is 12.0 Å². The molecule has 1 aliphatic rings. The number of hydrogen-bond acceptors (Lipinski definition) is 2. The number of likely N-dealkylation sites (tertiary alicyclic amines) is 1. The van der Waals surface area contributed by atoms with Crippen molar-refractivity contribution >= 4 is 5.91 Å². The van der Waals surface area contributed by atoms with E-state index in [1.54, 1.807) is 6.92 Å². The highest BCUT2D eigenvalue weighted by Crippen LogP contribution is 2.22. The molecule has 1 saturated heterocycles. The van der Waals surface area contributed by atoms with Crippen LogP contribution in [0.2, 0.25) is 0 Å². The van der Waals surface area contributed by atoms with Gasteiger partial charge in [-0.15, -0.1) is 0 Å². The van der Waals surface area contributed by atoms with Gasteiger partial charge in [-0.3, -0.25) is 4.79 Å². The fourth-order valence-corrected chi connectivity index (χ4v) is 1.76. The fraction of sp³-hybridized carbons (Fsp3) is 0.889. The zero-order chi connectivity index (χ0) is 9.30. The molecule has 0 aromatic rings. The summed E-state index contributed by atoms with van der Waals surface area (Å²) in [4.78, 5) is 13.3. The summed E-state index contributed by atoms with van der Waals surface area (Å²) in [6.45, 7) is 7.19. The molecular weight excluding hydrogens is 154 g/mol. The third-order valence-electron chi connectivity index (χ3n) is 2.69. The molecule has 0 aliphatic carbocycles. The van der Waals surface area contributed by atoms with Crippen molar-refractivity contribution in [2.75, 3.05) is 13.1 Å². The van der Waals surface area contributed by atoms with Crippen molar-refractivity contribution in [2.24, 2.45) is 11.8 Å². The molecule has 1 rings (SSSR count). The van der Waals surface area contributed by atoms with Crippen LogP contribution in [0.5, 0.6) is 0 Å². The third-order valence-corrected chi connectivity index (χ3v) is 2.69. The Kier molecular flexibility index (Phi) is 2.73. The van der Waals surface area contributed by atoms with E-state index in [9.17, 15) is 9.90 Å². The molecule has 0 radical (unpaired) electrons. The quantitative estimate of drug-likeness (QED) is 0.623. The minimum absolute atomic E-state index is 0.0862. The number of carbonyl (C=O) groups excluding carboxylic acids is 1. The maximum absolute atomic E-state index is 11.5. The zero-order valence-electron chi connectivity index (χ0n) is 7.95. The number of nitrogens with zero attached hydrogens (tertiary/aromatic N) is 1. The fourth-order valence-electron chi connectivity index (χ4n) is 1.76. The smallest absolute Gasteiger partial charge is 0.228 e. The molecule has 0 spiro atoms. The van der Waals surface area contributed by atoms with E-state index in [1.807, 2.05) is 18.7 Å². The first-order valence-corrected chi connectivity index (χ1v) is 4.54. The molecule has 3 nitrogen and oxygen atoms in total. The van der Waals surface area contributed by atoms with Gasteiger partial charge in [0.2, 0.25) is 5.91 Å². The molecule has 0 bridgehead atoms. The van der Waals surface area contributed by atoms with E-state index in [2.05, 4.69) is 0 Å². The second-order valence-electron chi connectivity index (χ2n) is 3.63. The van der Waals surface area contributed by atoms with Crippen LogP contribution >= 0.6 is 0 Å². The number of hydrogen-bond donors (Lipinski definition) is 1. The summed E-state index contributed by atoms with van der Waals surface area (Å²) in [5, 5.41) is 9.58. The second-order valence-corrected chi connectivity index (χ2v) is 3.63. The third kappa shape index (κ3) is 1.46. The lowest BCUT2D eigenvalue weighted by atomic mass is 9.88. The Bertz CT molecular complexity index is 177. The SMILES string of the molecule is CCN1C[C@@H](C)[C@@H](O)[C@H](C)C1=O. The van der Waals surface area contributed by atoms with Gasteiger partial charge < -0.3 is 10.0 Å². The predicted molar refractivity (Wildman–Crippen MR) is 46.6 cm³/mol. The number of piperidine rings is 1. The van der Waals surface area contributed by atoms with Crippen molar-refractivity contribution in [3.63, 3.8) is 0 Å². The van der Waals surface area contributed by atoms with Crippen molar-refractivity contribution in [3.8, 4) is 0 Å². The topological polar surface area (TPSA) is 40.5 Å². The lowest BCUT2D eigenvalue weighted by Gasteiger charge is -2.37. The minimum Gasteiger partial charge on any atom is -0.392 e. The monoisotopic (exact) mass is 171 g/mol. The molecule has 1 heterocycles. The van der Waals surface area contributed by atoms with Crippen LogP contribution in [0.25, 0.3) is 0 Å². The molecule has 1 aliphatic heterocycles. The van der Waals surface area contributed by atoms with E-state index >= 15 is 0 Å². The Hall–Kier alpha value is -0.570. The maximum Gasteiger partial charge on any atom is 0.228 e. The van der Waals surface area contributed by atoms with Crippen LogP contribution in [0, 0.1) is 11.8 Å². The summed E-state index contributed by atoms with van der Waals surface area (Å²) in [5.41, 5.74) is 0. The first-order valence-electron chi connectivity index (χ1n) is 4.54. The molecular formula is C9H17NO2. The van der Waals surface area contributed by atoms with E-state index in [0.717, 1.165) is 6.54 Å². The minimum atomic E-state index is -0.458. The van der Waals surface area contributed by atoms with Gasteiger partial charge >= 0.3 is 0 Å². The number of carbonyl (C=O) groups is 1. The second kappa shape index (κ2) is 3.44. The Labute approximate surface area is 73.4 Å². The average molecular weight is 171 g/mol. The van der Waals surface area contributed by atoms with Crippen LogP contribution in [0.15, 0.2) is 0 Å². The standard InChI is InChI=1S/C9H17NO2/c1-4-10-5-6(2)8(11)7(3)9(10)12/h6-8,11H,4-5H2,1-3H3/t6-,7+,8-/m1/s1. The molecule has 0 aromatic carbocycles. The van der Waals surface area contributed by atoms with Crippen molar-refractivity contribution < 1.29 is 9.90 Å². The molecule has 0 unspecified atom stereocenters. The predicted octanol–water partition coefficient (Wildman–Crippen LogP) is 0.482. The Balaban J connectivity index is 2.70. The highest BCUT2D eigenvalue weighted by atomic mass is 16.3. The first-order chi connectivity index (χ1) is 5.57. The summed E-state index contributed by atoms with van der Waals surface area (Å²) in [6.07, 6.45) is -0.458. The van der Waals surface area contributed by atoms with Gasteiger partial charge in [-0.1, -0.05) is 13.8 Å². The Morgan fingerprint density at radius 2 is 2.17 bits per heavy atom. The van der Waals surface area contributed by atoms with Crippen LogP contribution < -0.4 is 0 Å². The van der Waals surface area contributed by atoms with Gasteiger partial charge in [-0.2, -0.15) is 0 Å². The molecule has 12 heavy (non-hydrogen) atoms. The largest absolute Gasteiger partial charge is 0.392 e. The van der Waals surface area contributed by atoms with E-state index in [1.165, 1.54) is 0 Å². The van der Waals surface area contributed by atoms with Crippen LogP contribution in [0.4, 0.5) is 0 Å². The van der Waals surface area contributed by atoms with Gasteiger partial charge in [-0.05, 0) is 6.92 Å². The summed E-state index contributed by atoms with van der Waals surface area (Å²) >= 11 is 0. The molecule has 0 saturated carbocycles. The highest BCUT2D eigenvalue weighted by Gasteiger charge is 2.35. The summed E-state index contributed by atoms with van der Waals surface area (Å²) in [6, 6.07) is 0. The molecule has 3 atom stereocenters. The lowest BCUT2D eigenvalue weighted by molar-refractivity contribution is -0.146. The summed E-state index contributed by atoms with van der Waals surface area (Å²) in [5.74, 6) is 0.0643. The number of rotatable bonds is 1. The maximum atomic E-state index is 11.5. The van der Waals surface area contributed by atoms with Crippen LogP contribution in [-0.2, 0) is 4.79 Å².